The fourth-order valence-corrected chi connectivity index (χ4v) is 2.11. The second-order valence-electron chi connectivity index (χ2n) is 4.83. The van der Waals surface area contributed by atoms with Crippen molar-refractivity contribution in [3.63, 3.8) is 0 Å². The third kappa shape index (κ3) is 2.75. The van der Waals surface area contributed by atoms with Crippen molar-refractivity contribution in [3.8, 4) is 0 Å². The predicted octanol–water partition coefficient (Wildman–Crippen LogP) is 3.06. The zero-order valence-electron chi connectivity index (χ0n) is 11.5. The van der Waals surface area contributed by atoms with Gasteiger partial charge in [-0.2, -0.15) is 5.10 Å². The van der Waals surface area contributed by atoms with E-state index in [0.717, 1.165) is 30.0 Å². The topological polar surface area (TPSA) is 43.0 Å². The van der Waals surface area contributed by atoms with Crippen LogP contribution < -0.4 is 5.32 Å². The summed E-state index contributed by atoms with van der Waals surface area (Å²) < 4.78 is 7.26. The number of aromatic nitrogens is 2. The van der Waals surface area contributed by atoms with Crippen molar-refractivity contribution < 1.29 is 4.42 Å². The van der Waals surface area contributed by atoms with E-state index in [1.165, 1.54) is 5.69 Å². The number of nitrogens with one attached hydrogen (secondary N) is 1. The van der Waals surface area contributed by atoms with Crippen molar-refractivity contribution in [1.29, 1.82) is 0 Å². The van der Waals surface area contributed by atoms with Crippen LogP contribution >= 0.6 is 0 Å². The van der Waals surface area contributed by atoms with E-state index in [2.05, 4.69) is 24.3 Å². The van der Waals surface area contributed by atoms with Gasteiger partial charge in [-0.3, -0.25) is 4.68 Å². The molecule has 0 aliphatic rings. The molecule has 0 radical (unpaired) electrons. The van der Waals surface area contributed by atoms with Crippen molar-refractivity contribution >= 4 is 5.69 Å². The first kappa shape index (κ1) is 12.7. The third-order valence-corrected chi connectivity index (χ3v) is 3.30. The Bertz CT molecular complexity index is 499. The van der Waals surface area contributed by atoms with Crippen LogP contribution in [0.1, 0.15) is 30.5 Å². The minimum Gasteiger partial charge on any atom is -0.469 e. The molecule has 4 heteroatoms. The molecule has 4 nitrogen and oxygen atoms in total. The van der Waals surface area contributed by atoms with Crippen LogP contribution in [-0.4, -0.2) is 15.8 Å². The van der Waals surface area contributed by atoms with Gasteiger partial charge in [0.1, 0.15) is 5.76 Å². The van der Waals surface area contributed by atoms with Gasteiger partial charge >= 0.3 is 0 Å². The smallest absolute Gasteiger partial charge is 0.103 e. The molecule has 2 heterocycles. The Hall–Kier alpha value is -1.71. The van der Waals surface area contributed by atoms with Crippen LogP contribution in [0.2, 0.25) is 0 Å². The lowest BCUT2D eigenvalue weighted by Crippen LogP contribution is -2.17. The van der Waals surface area contributed by atoms with Crippen LogP contribution in [0.5, 0.6) is 0 Å². The lowest BCUT2D eigenvalue weighted by atomic mass is 10.1. The van der Waals surface area contributed by atoms with Crippen molar-refractivity contribution in [2.75, 3.05) is 5.32 Å². The minimum atomic E-state index is 0.400. The Kier molecular flexibility index (Phi) is 3.75. The molecule has 0 bridgehead atoms. The van der Waals surface area contributed by atoms with Crippen LogP contribution in [0.15, 0.2) is 22.8 Å². The molecule has 98 valence electrons. The first-order chi connectivity index (χ1) is 8.58. The first-order valence-electron chi connectivity index (χ1n) is 6.37. The third-order valence-electron chi connectivity index (χ3n) is 3.30. The lowest BCUT2D eigenvalue weighted by Gasteiger charge is -2.14. The maximum absolute atomic E-state index is 5.34. The van der Waals surface area contributed by atoms with Gasteiger partial charge in [0.05, 0.1) is 23.3 Å². The maximum Gasteiger partial charge on any atom is 0.103 e. The van der Waals surface area contributed by atoms with Crippen LogP contribution in [0.3, 0.4) is 0 Å². The second kappa shape index (κ2) is 5.29. The average molecular weight is 247 g/mol. The zero-order valence-corrected chi connectivity index (χ0v) is 11.5. The highest BCUT2D eigenvalue weighted by Gasteiger charge is 2.12. The Morgan fingerprint density at radius 1 is 1.44 bits per heavy atom. The van der Waals surface area contributed by atoms with E-state index in [1.54, 1.807) is 6.26 Å². The van der Waals surface area contributed by atoms with Crippen LogP contribution in [-0.2, 0) is 13.5 Å². The van der Waals surface area contributed by atoms with E-state index in [1.807, 2.05) is 30.8 Å². The summed E-state index contributed by atoms with van der Waals surface area (Å²) in [6.45, 7) is 6.31. The average Bonchev–Trinajstić information content (AvgIpc) is 2.92. The highest BCUT2D eigenvalue weighted by molar-refractivity contribution is 5.52. The summed E-state index contributed by atoms with van der Waals surface area (Å²) in [5.74, 6) is 1.04. The summed E-state index contributed by atoms with van der Waals surface area (Å²) in [5.41, 5.74) is 3.39. The molecule has 0 aliphatic carbocycles. The molecule has 0 aliphatic heterocycles. The molecular formula is C14H21N3O. The largest absolute Gasteiger partial charge is 0.469 e. The monoisotopic (exact) mass is 247 g/mol. The van der Waals surface area contributed by atoms with E-state index >= 15 is 0 Å². The van der Waals surface area contributed by atoms with Gasteiger partial charge in [0, 0.05) is 19.5 Å². The Morgan fingerprint density at radius 2 is 2.22 bits per heavy atom. The minimum absolute atomic E-state index is 0.400. The SMILES string of the molecule is Cc1nn(C)c(C)c1NC(C)CCc1ccco1. The standard InChI is InChI=1S/C14H21N3O/c1-10(7-8-13-6-5-9-18-13)15-14-11(2)16-17(4)12(14)3/h5-6,9-10,15H,7-8H2,1-4H3. The number of hydrogen-bond acceptors (Lipinski definition) is 3. The van der Waals surface area contributed by atoms with E-state index in [9.17, 15) is 0 Å². The van der Waals surface area contributed by atoms with Gasteiger partial charge < -0.3 is 9.73 Å². The van der Waals surface area contributed by atoms with Crippen molar-refractivity contribution in [2.45, 2.75) is 39.7 Å². The molecule has 0 saturated heterocycles. The molecule has 0 spiro atoms. The van der Waals surface area contributed by atoms with E-state index in [-0.39, 0.29) is 0 Å². The molecule has 0 aromatic carbocycles. The Morgan fingerprint density at radius 3 is 2.78 bits per heavy atom. The number of rotatable bonds is 5. The molecule has 0 fully saturated rings. The predicted molar refractivity (Wildman–Crippen MR) is 72.8 cm³/mol. The number of anilines is 1. The highest BCUT2D eigenvalue weighted by atomic mass is 16.3. The number of aryl methyl sites for hydroxylation is 3. The summed E-state index contributed by atoms with van der Waals surface area (Å²) >= 11 is 0. The van der Waals surface area contributed by atoms with Gasteiger partial charge in [-0.25, -0.2) is 0 Å². The van der Waals surface area contributed by atoms with Crippen molar-refractivity contribution in [2.24, 2.45) is 7.05 Å². The van der Waals surface area contributed by atoms with Gasteiger partial charge in [-0.05, 0) is 39.3 Å². The molecule has 0 saturated carbocycles. The number of nitrogens with zero attached hydrogens (tertiary/aromatic N) is 2. The molecule has 2 aromatic rings. The van der Waals surface area contributed by atoms with Gasteiger partial charge in [0.2, 0.25) is 0 Å². The van der Waals surface area contributed by atoms with Crippen LogP contribution in [0.4, 0.5) is 5.69 Å². The number of hydrogen-bond donors (Lipinski definition) is 1. The summed E-state index contributed by atoms with van der Waals surface area (Å²) in [5, 5.41) is 7.95. The molecular weight excluding hydrogens is 226 g/mol. The van der Waals surface area contributed by atoms with Crippen molar-refractivity contribution in [1.82, 2.24) is 9.78 Å². The van der Waals surface area contributed by atoms with Crippen LogP contribution in [0, 0.1) is 13.8 Å². The normalized spacial score (nSPS) is 12.7. The fraction of sp³-hybridized carbons (Fsp3) is 0.500. The van der Waals surface area contributed by atoms with E-state index < -0.39 is 0 Å². The second-order valence-corrected chi connectivity index (χ2v) is 4.83. The van der Waals surface area contributed by atoms with Gasteiger partial charge in [-0.1, -0.05) is 0 Å². The lowest BCUT2D eigenvalue weighted by molar-refractivity contribution is 0.495. The van der Waals surface area contributed by atoms with Crippen molar-refractivity contribution in [3.05, 3.63) is 35.5 Å². The summed E-state index contributed by atoms with van der Waals surface area (Å²) in [4.78, 5) is 0. The van der Waals surface area contributed by atoms with Crippen LogP contribution in [0.25, 0.3) is 0 Å². The first-order valence-corrected chi connectivity index (χ1v) is 6.37. The summed E-state index contributed by atoms with van der Waals surface area (Å²) in [6, 6.07) is 4.35. The molecule has 2 aromatic heterocycles. The van der Waals surface area contributed by atoms with Gasteiger partial charge in [0.25, 0.3) is 0 Å². The molecule has 0 amide bonds. The van der Waals surface area contributed by atoms with E-state index in [4.69, 9.17) is 4.42 Å². The van der Waals surface area contributed by atoms with Gasteiger partial charge in [0.15, 0.2) is 0 Å². The Balaban J connectivity index is 1.92. The quantitative estimate of drug-likeness (QED) is 0.883. The molecule has 1 N–H and O–H groups in total. The van der Waals surface area contributed by atoms with E-state index in [0.29, 0.717) is 6.04 Å². The fourth-order valence-electron chi connectivity index (χ4n) is 2.11. The zero-order chi connectivity index (χ0) is 13.1. The molecule has 18 heavy (non-hydrogen) atoms. The molecule has 2 rings (SSSR count). The van der Waals surface area contributed by atoms with Gasteiger partial charge in [-0.15, -0.1) is 0 Å². The summed E-state index contributed by atoms with van der Waals surface area (Å²) in [7, 11) is 1.97. The maximum atomic E-state index is 5.34. The Labute approximate surface area is 108 Å². The molecule has 1 atom stereocenters. The number of furan rings is 1. The highest BCUT2D eigenvalue weighted by Crippen LogP contribution is 2.20. The summed E-state index contributed by atoms with van der Waals surface area (Å²) in [6.07, 6.45) is 3.73. The molecule has 1 unspecified atom stereocenters.